The Morgan fingerprint density at radius 1 is 1.30 bits per heavy atom. The van der Waals surface area contributed by atoms with Crippen LogP contribution in [0, 0.1) is 18.3 Å². The van der Waals surface area contributed by atoms with E-state index in [4.69, 9.17) is 10.2 Å². The molecule has 0 saturated heterocycles. The fraction of sp³-hybridized carbons (Fsp3) is 0.765. The molecule has 0 aliphatic carbocycles. The molecule has 3 nitrogen and oxygen atoms in total. The molecule has 1 rings (SSSR count). The number of rotatable bonds is 8. The molecule has 0 saturated carbocycles. The van der Waals surface area contributed by atoms with Gasteiger partial charge in [-0.3, -0.25) is 0 Å². The normalized spacial score (nSPS) is 13.9. The Balaban J connectivity index is 2.33. The molecular formula is C17H32N2O. The standard InChI is InChI=1S/C17H32N2O/c1-14-15(9-12-20-14)13-19(5)11-6-7-16(8-10-18)17(2,3)4/h9,12,16H,6-8,10-11,13,18H2,1-5H3. The van der Waals surface area contributed by atoms with E-state index >= 15 is 0 Å². The summed E-state index contributed by atoms with van der Waals surface area (Å²) >= 11 is 0. The molecule has 1 heterocycles. The van der Waals surface area contributed by atoms with Crippen molar-refractivity contribution >= 4 is 0 Å². The summed E-state index contributed by atoms with van der Waals surface area (Å²) in [5.41, 5.74) is 7.40. The average molecular weight is 280 g/mol. The van der Waals surface area contributed by atoms with Crippen molar-refractivity contribution in [1.82, 2.24) is 4.90 Å². The summed E-state index contributed by atoms with van der Waals surface area (Å²) in [6.45, 7) is 11.9. The summed E-state index contributed by atoms with van der Waals surface area (Å²) in [5, 5.41) is 0. The predicted molar refractivity (Wildman–Crippen MR) is 85.6 cm³/mol. The molecule has 1 atom stereocenters. The highest BCUT2D eigenvalue weighted by atomic mass is 16.3. The van der Waals surface area contributed by atoms with Crippen LogP contribution in [-0.4, -0.2) is 25.0 Å². The highest BCUT2D eigenvalue weighted by Crippen LogP contribution is 2.32. The quantitative estimate of drug-likeness (QED) is 0.787. The molecule has 1 aromatic heterocycles. The van der Waals surface area contributed by atoms with Crippen molar-refractivity contribution in [3.63, 3.8) is 0 Å². The van der Waals surface area contributed by atoms with Gasteiger partial charge in [-0.1, -0.05) is 20.8 Å². The van der Waals surface area contributed by atoms with Gasteiger partial charge in [-0.05, 0) is 63.7 Å². The zero-order valence-electron chi connectivity index (χ0n) is 13.9. The first-order valence-electron chi connectivity index (χ1n) is 7.76. The molecule has 0 aliphatic rings. The molecule has 116 valence electrons. The third-order valence-electron chi connectivity index (χ3n) is 4.24. The fourth-order valence-corrected chi connectivity index (χ4v) is 2.76. The van der Waals surface area contributed by atoms with Crippen LogP contribution in [0.3, 0.4) is 0 Å². The molecule has 0 fully saturated rings. The number of furan rings is 1. The van der Waals surface area contributed by atoms with Crippen LogP contribution in [0.15, 0.2) is 16.7 Å². The molecule has 0 bridgehead atoms. The smallest absolute Gasteiger partial charge is 0.105 e. The average Bonchev–Trinajstić information content (AvgIpc) is 2.73. The molecule has 0 amide bonds. The molecule has 2 N–H and O–H groups in total. The van der Waals surface area contributed by atoms with Crippen LogP contribution in [0.4, 0.5) is 0 Å². The minimum absolute atomic E-state index is 0.360. The monoisotopic (exact) mass is 280 g/mol. The summed E-state index contributed by atoms with van der Waals surface area (Å²) in [6, 6.07) is 2.07. The zero-order valence-corrected chi connectivity index (χ0v) is 13.9. The Kier molecular flexibility index (Phi) is 6.77. The van der Waals surface area contributed by atoms with Crippen LogP contribution >= 0.6 is 0 Å². The van der Waals surface area contributed by atoms with Gasteiger partial charge >= 0.3 is 0 Å². The van der Waals surface area contributed by atoms with Crippen molar-refractivity contribution in [3.8, 4) is 0 Å². The van der Waals surface area contributed by atoms with E-state index in [9.17, 15) is 0 Å². The molecule has 0 aromatic carbocycles. The van der Waals surface area contributed by atoms with Gasteiger partial charge < -0.3 is 15.1 Å². The van der Waals surface area contributed by atoms with Gasteiger partial charge in [0, 0.05) is 12.1 Å². The highest BCUT2D eigenvalue weighted by molar-refractivity contribution is 5.14. The van der Waals surface area contributed by atoms with Gasteiger partial charge in [-0.15, -0.1) is 0 Å². The van der Waals surface area contributed by atoms with E-state index in [0.717, 1.165) is 37.7 Å². The number of nitrogens with two attached hydrogens (primary N) is 1. The fourth-order valence-electron chi connectivity index (χ4n) is 2.76. The summed E-state index contributed by atoms with van der Waals surface area (Å²) in [7, 11) is 2.18. The van der Waals surface area contributed by atoms with E-state index in [2.05, 4.69) is 38.8 Å². The first-order chi connectivity index (χ1) is 9.34. The maximum absolute atomic E-state index is 5.74. The van der Waals surface area contributed by atoms with Gasteiger partial charge in [0.25, 0.3) is 0 Å². The maximum Gasteiger partial charge on any atom is 0.105 e. The van der Waals surface area contributed by atoms with Crippen molar-refractivity contribution in [1.29, 1.82) is 0 Å². The molecule has 1 unspecified atom stereocenters. The minimum Gasteiger partial charge on any atom is -0.469 e. The second-order valence-corrected chi connectivity index (χ2v) is 7.02. The molecule has 1 aromatic rings. The third-order valence-corrected chi connectivity index (χ3v) is 4.24. The van der Waals surface area contributed by atoms with Crippen molar-refractivity contribution in [3.05, 3.63) is 23.7 Å². The Morgan fingerprint density at radius 2 is 2.00 bits per heavy atom. The molecule has 0 aliphatic heterocycles. The van der Waals surface area contributed by atoms with E-state index in [0.29, 0.717) is 5.41 Å². The second-order valence-electron chi connectivity index (χ2n) is 7.02. The van der Waals surface area contributed by atoms with E-state index in [1.54, 1.807) is 6.26 Å². The lowest BCUT2D eigenvalue weighted by Gasteiger charge is -2.31. The van der Waals surface area contributed by atoms with Gasteiger partial charge in [0.1, 0.15) is 5.76 Å². The maximum atomic E-state index is 5.74. The number of nitrogens with zero attached hydrogens (tertiary/aromatic N) is 1. The third kappa shape index (κ3) is 5.68. The summed E-state index contributed by atoms with van der Waals surface area (Å²) < 4.78 is 5.34. The van der Waals surface area contributed by atoms with Crippen molar-refractivity contribution in [2.75, 3.05) is 20.1 Å². The molecular weight excluding hydrogens is 248 g/mol. The van der Waals surface area contributed by atoms with Gasteiger partial charge in [0.05, 0.1) is 6.26 Å². The summed E-state index contributed by atoms with van der Waals surface area (Å²) in [5.74, 6) is 1.75. The zero-order chi connectivity index (χ0) is 15.2. The van der Waals surface area contributed by atoms with Crippen molar-refractivity contribution in [2.24, 2.45) is 17.1 Å². The van der Waals surface area contributed by atoms with Crippen LogP contribution < -0.4 is 5.73 Å². The largest absolute Gasteiger partial charge is 0.469 e. The number of hydrogen-bond acceptors (Lipinski definition) is 3. The van der Waals surface area contributed by atoms with Crippen molar-refractivity contribution in [2.45, 2.75) is 53.5 Å². The summed E-state index contributed by atoms with van der Waals surface area (Å²) in [4.78, 5) is 2.38. The Bertz CT molecular complexity index is 379. The van der Waals surface area contributed by atoms with Gasteiger partial charge in [0.2, 0.25) is 0 Å². The van der Waals surface area contributed by atoms with Gasteiger partial charge in [0.15, 0.2) is 0 Å². The number of hydrogen-bond donors (Lipinski definition) is 1. The van der Waals surface area contributed by atoms with E-state index in [1.807, 2.05) is 6.92 Å². The highest BCUT2D eigenvalue weighted by Gasteiger charge is 2.23. The van der Waals surface area contributed by atoms with Crippen LogP contribution in [0.1, 0.15) is 51.4 Å². The second kappa shape index (κ2) is 7.84. The van der Waals surface area contributed by atoms with Crippen LogP contribution in [0.5, 0.6) is 0 Å². The Labute approximate surface area is 124 Å². The lowest BCUT2D eigenvalue weighted by molar-refractivity contribution is 0.199. The molecule has 20 heavy (non-hydrogen) atoms. The van der Waals surface area contributed by atoms with Crippen LogP contribution in [0.2, 0.25) is 0 Å². The van der Waals surface area contributed by atoms with E-state index in [1.165, 1.54) is 18.4 Å². The van der Waals surface area contributed by atoms with E-state index in [-0.39, 0.29) is 0 Å². The van der Waals surface area contributed by atoms with Gasteiger partial charge in [-0.25, -0.2) is 0 Å². The first-order valence-corrected chi connectivity index (χ1v) is 7.76. The lowest BCUT2D eigenvalue weighted by atomic mass is 9.76. The molecule has 0 radical (unpaired) electrons. The Morgan fingerprint density at radius 3 is 2.50 bits per heavy atom. The SMILES string of the molecule is Cc1occc1CN(C)CCCC(CCN)C(C)(C)C. The molecule has 3 heteroatoms. The number of aryl methyl sites for hydroxylation is 1. The van der Waals surface area contributed by atoms with Crippen LogP contribution in [-0.2, 0) is 6.54 Å². The first kappa shape index (κ1) is 17.3. The van der Waals surface area contributed by atoms with Gasteiger partial charge in [-0.2, -0.15) is 0 Å². The topological polar surface area (TPSA) is 42.4 Å². The summed E-state index contributed by atoms with van der Waals surface area (Å²) in [6.07, 6.45) is 5.40. The van der Waals surface area contributed by atoms with Crippen LogP contribution in [0.25, 0.3) is 0 Å². The Hall–Kier alpha value is -0.800. The lowest BCUT2D eigenvalue weighted by Crippen LogP contribution is -2.25. The molecule has 0 spiro atoms. The predicted octanol–water partition coefficient (Wildman–Crippen LogP) is 3.81. The van der Waals surface area contributed by atoms with Crippen molar-refractivity contribution < 1.29 is 4.42 Å². The minimum atomic E-state index is 0.360. The van der Waals surface area contributed by atoms with E-state index < -0.39 is 0 Å².